The number of benzene rings is 1. The zero-order valence-corrected chi connectivity index (χ0v) is 13.3. The number of aryl methyl sites for hydroxylation is 3. The van der Waals surface area contributed by atoms with Gasteiger partial charge in [0.2, 0.25) is 5.89 Å². The molecule has 1 amide bonds. The van der Waals surface area contributed by atoms with E-state index < -0.39 is 0 Å². The van der Waals surface area contributed by atoms with E-state index in [2.05, 4.69) is 15.5 Å². The fraction of sp³-hybridized carbons (Fsp3) is 0.235. The standard InChI is InChI=1S/C17H18N4O2/c1-11-6-7-12(2)14(9-11)19-17(22)15-5-4-8-21(15)10-16-18-13(3)23-20-16/h4-9H,10H2,1-3H3,(H,19,22). The summed E-state index contributed by atoms with van der Waals surface area (Å²) in [5, 5.41) is 6.82. The van der Waals surface area contributed by atoms with Crippen LogP contribution >= 0.6 is 0 Å². The second kappa shape index (κ2) is 6.08. The number of amides is 1. The highest BCUT2D eigenvalue weighted by atomic mass is 16.5. The summed E-state index contributed by atoms with van der Waals surface area (Å²) in [6, 6.07) is 9.57. The monoisotopic (exact) mass is 310 g/mol. The molecule has 0 unspecified atom stereocenters. The lowest BCUT2D eigenvalue weighted by Crippen LogP contribution is -2.18. The van der Waals surface area contributed by atoms with Crippen molar-refractivity contribution in [2.24, 2.45) is 0 Å². The molecule has 2 aromatic heterocycles. The number of nitrogens with one attached hydrogen (secondary N) is 1. The number of hydrogen-bond donors (Lipinski definition) is 1. The van der Waals surface area contributed by atoms with Crippen LogP contribution in [-0.2, 0) is 6.54 Å². The molecule has 0 aliphatic carbocycles. The molecule has 0 aliphatic rings. The third kappa shape index (κ3) is 3.31. The number of nitrogens with zero attached hydrogens (tertiary/aromatic N) is 3. The van der Waals surface area contributed by atoms with Crippen LogP contribution < -0.4 is 5.32 Å². The van der Waals surface area contributed by atoms with E-state index in [1.165, 1.54) is 0 Å². The number of rotatable bonds is 4. The van der Waals surface area contributed by atoms with Crippen molar-refractivity contribution in [3.8, 4) is 0 Å². The molecule has 0 bridgehead atoms. The molecule has 0 spiro atoms. The molecule has 0 aliphatic heterocycles. The van der Waals surface area contributed by atoms with E-state index >= 15 is 0 Å². The Labute approximate surface area is 134 Å². The minimum atomic E-state index is -0.163. The first-order valence-corrected chi connectivity index (χ1v) is 7.36. The Bertz CT molecular complexity index is 848. The van der Waals surface area contributed by atoms with Crippen molar-refractivity contribution < 1.29 is 9.32 Å². The van der Waals surface area contributed by atoms with Crippen molar-refractivity contribution in [3.05, 3.63) is 65.1 Å². The van der Waals surface area contributed by atoms with Crippen LogP contribution in [0.25, 0.3) is 0 Å². The first-order chi connectivity index (χ1) is 11.0. The van der Waals surface area contributed by atoms with Crippen molar-refractivity contribution in [3.63, 3.8) is 0 Å². The van der Waals surface area contributed by atoms with Crippen molar-refractivity contribution in [2.45, 2.75) is 27.3 Å². The maximum atomic E-state index is 12.6. The molecule has 0 radical (unpaired) electrons. The Morgan fingerprint density at radius 1 is 1.26 bits per heavy atom. The zero-order valence-electron chi connectivity index (χ0n) is 13.3. The largest absolute Gasteiger partial charge is 0.340 e. The number of carbonyl (C=O) groups is 1. The van der Waals surface area contributed by atoms with Gasteiger partial charge in [0.1, 0.15) is 5.69 Å². The van der Waals surface area contributed by atoms with E-state index in [-0.39, 0.29) is 5.91 Å². The van der Waals surface area contributed by atoms with Crippen LogP contribution in [0.2, 0.25) is 0 Å². The van der Waals surface area contributed by atoms with Gasteiger partial charge in [-0.25, -0.2) is 0 Å². The van der Waals surface area contributed by atoms with Gasteiger partial charge in [0.15, 0.2) is 5.82 Å². The number of hydrogen-bond acceptors (Lipinski definition) is 4. The van der Waals surface area contributed by atoms with Crippen LogP contribution in [0.5, 0.6) is 0 Å². The van der Waals surface area contributed by atoms with E-state index in [1.54, 1.807) is 17.6 Å². The topological polar surface area (TPSA) is 73.0 Å². The molecular weight excluding hydrogens is 292 g/mol. The van der Waals surface area contributed by atoms with Gasteiger partial charge in [0, 0.05) is 18.8 Å². The van der Waals surface area contributed by atoms with Gasteiger partial charge in [-0.1, -0.05) is 17.3 Å². The summed E-state index contributed by atoms with van der Waals surface area (Å²) in [6.07, 6.45) is 1.82. The van der Waals surface area contributed by atoms with E-state index in [1.807, 2.05) is 44.3 Å². The van der Waals surface area contributed by atoms with Gasteiger partial charge in [0.05, 0.1) is 6.54 Å². The van der Waals surface area contributed by atoms with Crippen LogP contribution in [0.1, 0.15) is 33.3 Å². The Hall–Kier alpha value is -2.89. The minimum Gasteiger partial charge on any atom is -0.340 e. The molecule has 0 saturated carbocycles. The first-order valence-electron chi connectivity index (χ1n) is 7.36. The Balaban J connectivity index is 1.80. The fourth-order valence-corrected chi connectivity index (χ4v) is 2.37. The van der Waals surface area contributed by atoms with Gasteiger partial charge < -0.3 is 14.4 Å². The van der Waals surface area contributed by atoms with Crippen LogP contribution in [0.4, 0.5) is 5.69 Å². The predicted octanol–water partition coefficient (Wildman–Crippen LogP) is 3.10. The quantitative estimate of drug-likeness (QED) is 0.803. The normalized spacial score (nSPS) is 10.7. The smallest absolute Gasteiger partial charge is 0.272 e. The van der Waals surface area contributed by atoms with Crippen LogP contribution in [0, 0.1) is 20.8 Å². The zero-order chi connectivity index (χ0) is 16.4. The predicted molar refractivity (Wildman–Crippen MR) is 86.4 cm³/mol. The molecule has 2 heterocycles. The summed E-state index contributed by atoms with van der Waals surface area (Å²) >= 11 is 0. The summed E-state index contributed by atoms with van der Waals surface area (Å²) in [5.74, 6) is 0.886. The average Bonchev–Trinajstić information content (AvgIpc) is 3.12. The molecule has 3 aromatic rings. The van der Waals surface area contributed by atoms with Gasteiger partial charge in [-0.05, 0) is 43.2 Å². The molecule has 0 saturated heterocycles. The van der Waals surface area contributed by atoms with Crippen LogP contribution in [0.3, 0.4) is 0 Å². The molecule has 0 atom stereocenters. The van der Waals surface area contributed by atoms with E-state index in [4.69, 9.17) is 4.52 Å². The molecule has 0 fully saturated rings. The second-order valence-corrected chi connectivity index (χ2v) is 5.52. The SMILES string of the molecule is Cc1ccc(C)c(NC(=O)c2cccn2Cc2noc(C)n2)c1. The van der Waals surface area contributed by atoms with E-state index in [0.29, 0.717) is 24.0 Å². The van der Waals surface area contributed by atoms with Crippen molar-refractivity contribution in [1.82, 2.24) is 14.7 Å². The highest BCUT2D eigenvalue weighted by Crippen LogP contribution is 2.18. The second-order valence-electron chi connectivity index (χ2n) is 5.52. The number of carbonyl (C=O) groups excluding carboxylic acids is 1. The van der Waals surface area contributed by atoms with Gasteiger partial charge >= 0.3 is 0 Å². The molecule has 1 N–H and O–H groups in total. The van der Waals surface area contributed by atoms with Gasteiger partial charge in [-0.3, -0.25) is 4.79 Å². The molecule has 118 valence electrons. The molecule has 1 aromatic carbocycles. The summed E-state index contributed by atoms with van der Waals surface area (Å²) in [5.41, 5.74) is 3.49. The lowest BCUT2D eigenvalue weighted by Gasteiger charge is -2.11. The van der Waals surface area contributed by atoms with E-state index in [0.717, 1.165) is 16.8 Å². The highest BCUT2D eigenvalue weighted by molar-refractivity contribution is 6.03. The van der Waals surface area contributed by atoms with Crippen molar-refractivity contribution >= 4 is 11.6 Å². The highest BCUT2D eigenvalue weighted by Gasteiger charge is 2.14. The Kier molecular flexibility index (Phi) is 3.97. The average molecular weight is 310 g/mol. The number of anilines is 1. The molecule has 6 nitrogen and oxygen atoms in total. The molecule has 6 heteroatoms. The van der Waals surface area contributed by atoms with Gasteiger partial charge in [-0.2, -0.15) is 4.98 Å². The molecular formula is C17H18N4O2. The molecule has 23 heavy (non-hydrogen) atoms. The maximum absolute atomic E-state index is 12.6. The van der Waals surface area contributed by atoms with Crippen LogP contribution in [-0.4, -0.2) is 20.6 Å². The Morgan fingerprint density at radius 3 is 2.83 bits per heavy atom. The molecule has 3 rings (SSSR count). The third-order valence-electron chi connectivity index (χ3n) is 3.58. The fourth-order valence-electron chi connectivity index (χ4n) is 2.37. The van der Waals surface area contributed by atoms with Crippen molar-refractivity contribution in [2.75, 3.05) is 5.32 Å². The van der Waals surface area contributed by atoms with Gasteiger partial charge in [-0.15, -0.1) is 0 Å². The summed E-state index contributed by atoms with van der Waals surface area (Å²) < 4.78 is 6.76. The number of aromatic nitrogens is 3. The van der Waals surface area contributed by atoms with Crippen molar-refractivity contribution in [1.29, 1.82) is 0 Å². The van der Waals surface area contributed by atoms with Gasteiger partial charge in [0.25, 0.3) is 5.91 Å². The summed E-state index contributed by atoms with van der Waals surface area (Å²) in [7, 11) is 0. The summed E-state index contributed by atoms with van der Waals surface area (Å²) in [6.45, 7) is 6.09. The van der Waals surface area contributed by atoms with E-state index in [9.17, 15) is 4.79 Å². The Morgan fingerprint density at radius 2 is 2.09 bits per heavy atom. The summed E-state index contributed by atoms with van der Waals surface area (Å²) in [4.78, 5) is 16.7. The first kappa shape index (κ1) is 15.0. The maximum Gasteiger partial charge on any atom is 0.272 e. The third-order valence-corrected chi connectivity index (χ3v) is 3.58. The minimum absolute atomic E-state index is 0.163. The lowest BCUT2D eigenvalue weighted by atomic mass is 10.1. The lowest BCUT2D eigenvalue weighted by molar-refractivity contribution is 0.101. The van der Waals surface area contributed by atoms with Crippen LogP contribution in [0.15, 0.2) is 41.1 Å².